The Morgan fingerprint density at radius 2 is 2.26 bits per heavy atom. The third kappa shape index (κ3) is 3.59. The van der Waals surface area contributed by atoms with Crippen molar-refractivity contribution in [2.24, 2.45) is 0 Å². The highest BCUT2D eigenvalue weighted by Crippen LogP contribution is 2.23. The van der Waals surface area contributed by atoms with Crippen LogP contribution in [0, 0.1) is 0 Å². The molecule has 1 atom stereocenters. The first-order valence-corrected chi connectivity index (χ1v) is 8.01. The van der Waals surface area contributed by atoms with Crippen molar-refractivity contribution >= 4 is 33.2 Å². The van der Waals surface area contributed by atoms with Gasteiger partial charge in [-0.2, -0.15) is 9.61 Å². The fourth-order valence-corrected chi connectivity index (χ4v) is 2.48. The van der Waals surface area contributed by atoms with Crippen molar-refractivity contribution in [3.63, 3.8) is 0 Å². The number of pyridine rings is 1. The van der Waals surface area contributed by atoms with Gasteiger partial charge in [-0.05, 0) is 34.5 Å². The number of rotatable bonds is 6. The van der Waals surface area contributed by atoms with Crippen LogP contribution in [0.2, 0.25) is 0 Å². The van der Waals surface area contributed by atoms with Crippen molar-refractivity contribution in [1.82, 2.24) is 19.6 Å². The highest BCUT2D eigenvalue weighted by molar-refractivity contribution is 9.10. The van der Waals surface area contributed by atoms with Gasteiger partial charge in [-0.15, -0.1) is 0 Å². The van der Waals surface area contributed by atoms with E-state index < -0.39 is 0 Å². The first kappa shape index (κ1) is 15.7. The van der Waals surface area contributed by atoms with E-state index in [-0.39, 0.29) is 12.6 Å². The zero-order chi connectivity index (χ0) is 16.2. The summed E-state index contributed by atoms with van der Waals surface area (Å²) in [6.45, 7) is 2.55. The van der Waals surface area contributed by atoms with Gasteiger partial charge in [-0.25, -0.2) is 4.98 Å². The normalized spacial score (nSPS) is 12.3. The van der Waals surface area contributed by atoms with Crippen molar-refractivity contribution in [3.8, 4) is 0 Å². The maximum absolute atomic E-state index is 9.21. The minimum absolute atomic E-state index is 0.0335. The average molecular weight is 377 g/mol. The molecule has 0 aliphatic carbocycles. The molecule has 3 aromatic rings. The second-order valence-corrected chi connectivity index (χ2v) is 6.05. The Hall–Kier alpha value is -2.19. The molecule has 7 nitrogen and oxygen atoms in total. The van der Waals surface area contributed by atoms with Gasteiger partial charge in [0.15, 0.2) is 5.65 Å². The SMILES string of the molecule is C[C@@H](CO)Nc1cc(NCc2cccnc2)n2ncc(Br)c2n1. The molecule has 0 amide bonds. The summed E-state index contributed by atoms with van der Waals surface area (Å²) in [7, 11) is 0. The summed E-state index contributed by atoms with van der Waals surface area (Å²) in [5, 5.41) is 20.0. The van der Waals surface area contributed by atoms with Crippen molar-refractivity contribution < 1.29 is 5.11 Å². The van der Waals surface area contributed by atoms with E-state index in [1.54, 1.807) is 16.9 Å². The minimum Gasteiger partial charge on any atom is -0.394 e. The molecule has 0 aliphatic heterocycles. The van der Waals surface area contributed by atoms with Crippen LogP contribution in [0.25, 0.3) is 5.65 Å². The molecule has 0 aromatic carbocycles. The van der Waals surface area contributed by atoms with Gasteiger partial charge >= 0.3 is 0 Å². The van der Waals surface area contributed by atoms with Crippen LogP contribution in [0.1, 0.15) is 12.5 Å². The lowest BCUT2D eigenvalue weighted by atomic mass is 10.3. The molecule has 0 spiro atoms. The van der Waals surface area contributed by atoms with Crippen LogP contribution in [-0.2, 0) is 6.54 Å². The van der Waals surface area contributed by atoms with E-state index in [9.17, 15) is 5.11 Å². The van der Waals surface area contributed by atoms with Gasteiger partial charge in [0, 0.05) is 31.0 Å². The number of anilines is 2. The lowest BCUT2D eigenvalue weighted by molar-refractivity contribution is 0.281. The quantitative estimate of drug-likeness (QED) is 0.611. The second kappa shape index (κ2) is 6.93. The Morgan fingerprint density at radius 1 is 1.39 bits per heavy atom. The van der Waals surface area contributed by atoms with Crippen molar-refractivity contribution in [1.29, 1.82) is 0 Å². The van der Waals surface area contributed by atoms with Gasteiger partial charge in [0.05, 0.1) is 17.3 Å². The van der Waals surface area contributed by atoms with E-state index in [0.717, 1.165) is 15.9 Å². The minimum atomic E-state index is -0.0854. The van der Waals surface area contributed by atoms with Crippen LogP contribution in [0.15, 0.2) is 41.3 Å². The zero-order valence-electron chi connectivity index (χ0n) is 12.6. The Kier molecular flexibility index (Phi) is 4.73. The van der Waals surface area contributed by atoms with E-state index in [2.05, 4.69) is 41.6 Å². The monoisotopic (exact) mass is 376 g/mol. The molecule has 3 rings (SSSR count). The lowest BCUT2D eigenvalue weighted by Gasteiger charge is -2.14. The van der Waals surface area contributed by atoms with Crippen molar-refractivity contribution in [3.05, 3.63) is 46.8 Å². The molecule has 0 unspecified atom stereocenters. The van der Waals surface area contributed by atoms with E-state index in [4.69, 9.17) is 0 Å². The molecular formula is C15H17BrN6O. The standard InChI is InChI=1S/C15H17BrN6O/c1-10(9-23)20-13-5-14(18-7-11-3-2-4-17-6-11)22-15(21-13)12(16)8-19-22/h2-6,8,10,18,23H,7,9H2,1H3,(H,20,21)/t10-/m0/s1. The van der Waals surface area contributed by atoms with Gasteiger partial charge in [-0.3, -0.25) is 4.98 Å². The number of hydrogen-bond acceptors (Lipinski definition) is 6. The number of aliphatic hydroxyl groups excluding tert-OH is 1. The van der Waals surface area contributed by atoms with Gasteiger partial charge in [-0.1, -0.05) is 6.07 Å². The number of halogens is 1. The number of nitrogens with one attached hydrogen (secondary N) is 2. The van der Waals surface area contributed by atoms with Crippen LogP contribution >= 0.6 is 15.9 Å². The molecule has 8 heteroatoms. The van der Waals surface area contributed by atoms with Crippen molar-refractivity contribution in [2.45, 2.75) is 19.5 Å². The number of hydrogen-bond donors (Lipinski definition) is 3. The molecular weight excluding hydrogens is 360 g/mol. The highest BCUT2D eigenvalue weighted by atomic mass is 79.9. The Balaban J connectivity index is 1.90. The molecule has 23 heavy (non-hydrogen) atoms. The number of fused-ring (bicyclic) bond motifs is 1. The molecule has 3 N–H and O–H groups in total. The summed E-state index contributed by atoms with van der Waals surface area (Å²) < 4.78 is 2.54. The maximum atomic E-state index is 9.21. The molecule has 0 aliphatic rings. The summed E-state index contributed by atoms with van der Waals surface area (Å²) >= 11 is 3.45. The summed E-state index contributed by atoms with van der Waals surface area (Å²) in [5.74, 6) is 1.48. The predicted molar refractivity (Wildman–Crippen MR) is 92.4 cm³/mol. The molecule has 0 saturated carbocycles. The molecule has 120 valence electrons. The topological polar surface area (TPSA) is 87.4 Å². The third-order valence-electron chi connectivity index (χ3n) is 3.29. The smallest absolute Gasteiger partial charge is 0.173 e. The predicted octanol–water partition coefficient (Wildman–Crippen LogP) is 2.29. The van der Waals surface area contributed by atoms with Crippen LogP contribution in [0.5, 0.6) is 0 Å². The molecule has 0 fully saturated rings. The maximum Gasteiger partial charge on any atom is 0.173 e. The van der Waals surface area contributed by atoms with Crippen LogP contribution in [0.3, 0.4) is 0 Å². The zero-order valence-corrected chi connectivity index (χ0v) is 14.2. The van der Waals surface area contributed by atoms with E-state index >= 15 is 0 Å². The van der Waals surface area contributed by atoms with Crippen molar-refractivity contribution in [2.75, 3.05) is 17.2 Å². The lowest BCUT2D eigenvalue weighted by Crippen LogP contribution is -2.20. The summed E-state index contributed by atoms with van der Waals surface area (Å²) in [4.78, 5) is 8.63. The Morgan fingerprint density at radius 3 is 3.00 bits per heavy atom. The van der Waals surface area contributed by atoms with Gasteiger partial charge in [0.2, 0.25) is 0 Å². The van der Waals surface area contributed by atoms with Crippen LogP contribution < -0.4 is 10.6 Å². The van der Waals surface area contributed by atoms with E-state index in [1.165, 1.54) is 0 Å². The largest absolute Gasteiger partial charge is 0.394 e. The van der Waals surface area contributed by atoms with Crippen LogP contribution in [0.4, 0.5) is 11.6 Å². The summed E-state index contributed by atoms with van der Waals surface area (Å²) in [6.07, 6.45) is 5.27. The Labute approximate surface area is 141 Å². The second-order valence-electron chi connectivity index (χ2n) is 5.20. The average Bonchev–Trinajstić information content (AvgIpc) is 2.95. The molecule has 0 radical (unpaired) electrons. The van der Waals surface area contributed by atoms with Gasteiger partial charge in [0.25, 0.3) is 0 Å². The van der Waals surface area contributed by atoms with Crippen LogP contribution in [-0.4, -0.2) is 37.3 Å². The Bertz CT molecular complexity index is 791. The first-order chi connectivity index (χ1) is 11.2. The number of aliphatic hydroxyl groups is 1. The number of aromatic nitrogens is 4. The molecule has 3 aromatic heterocycles. The summed E-state index contributed by atoms with van der Waals surface area (Å²) in [6, 6.07) is 5.69. The third-order valence-corrected chi connectivity index (χ3v) is 3.85. The fourth-order valence-electron chi connectivity index (χ4n) is 2.13. The summed E-state index contributed by atoms with van der Waals surface area (Å²) in [5.41, 5.74) is 1.77. The highest BCUT2D eigenvalue weighted by Gasteiger charge is 2.11. The molecule has 3 heterocycles. The van der Waals surface area contributed by atoms with E-state index in [0.29, 0.717) is 18.0 Å². The fraction of sp³-hybridized carbons (Fsp3) is 0.267. The van der Waals surface area contributed by atoms with E-state index in [1.807, 2.05) is 31.3 Å². The molecule has 0 saturated heterocycles. The molecule has 0 bridgehead atoms. The van der Waals surface area contributed by atoms with Gasteiger partial charge in [0.1, 0.15) is 11.6 Å². The number of nitrogens with zero attached hydrogens (tertiary/aromatic N) is 4. The van der Waals surface area contributed by atoms with Gasteiger partial charge < -0.3 is 15.7 Å². The first-order valence-electron chi connectivity index (χ1n) is 7.22.